The van der Waals surface area contributed by atoms with Crippen LogP contribution in [0.2, 0.25) is 0 Å². The second-order valence-corrected chi connectivity index (χ2v) is 5.74. The Bertz CT molecular complexity index is 261. The average molecular weight is 222 g/mol. The van der Waals surface area contributed by atoms with Gasteiger partial charge in [0.1, 0.15) is 0 Å². The molecule has 2 aliphatic heterocycles. The molecule has 0 aromatic carbocycles. The zero-order valence-corrected chi connectivity index (χ0v) is 9.95. The highest BCUT2D eigenvalue weighted by atomic mass is 16.2. The topological polar surface area (TPSA) is 32.3 Å². The van der Waals surface area contributed by atoms with Gasteiger partial charge in [0.2, 0.25) is 5.91 Å². The van der Waals surface area contributed by atoms with Crippen molar-refractivity contribution in [3.63, 3.8) is 0 Å². The number of nitrogens with one attached hydrogen (secondary N) is 1. The van der Waals surface area contributed by atoms with Gasteiger partial charge < -0.3 is 10.2 Å². The van der Waals surface area contributed by atoms with Crippen LogP contribution < -0.4 is 5.32 Å². The van der Waals surface area contributed by atoms with E-state index in [0.717, 1.165) is 50.9 Å². The van der Waals surface area contributed by atoms with Gasteiger partial charge in [-0.25, -0.2) is 0 Å². The first-order valence-electron chi connectivity index (χ1n) is 6.84. The minimum Gasteiger partial charge on any atom is -0.342 e. The number of nitrogens with zero attached hydrogens (tertiary/aromatic N) is 1. The molecule has 3 rings (SSSR count). The number of likely N-dealkylation sites (tertiary alicyclic amines) is 1. The van der Waals surface area contributed by atoms with Gasteiger partial charge in [0.25, 0.3) is 0 Å². The number of carbonyl (C=O) groups excluding carboxylic acids is 1. The molecular formula is C13H22N2O. The maximum absolute atomic E-state index is 12.3. The Kier molecular flexibility index (Phi) is 2.88. The van der Waals surface area contributed by atoms with Crippen LogP contribution in [0.5, 0.6) is 0 Å². The highest BCUT2D eigenvalue weighted by Gasteiger charge is 2.39. The molecule has 0 bridgehead atoms. The number of fused-ring (bicyclic) bond motifs is 1. The first-order valence-corrected chi connectivity index (χ1v) is 6.84. The molecule has 2 saturated heterocycles. The van der Waals surface area contributed by atoms with E-state index < -0.39 is 0 Å². The molecule has 16 heavy (non-hydrogen) atoms. The third-order valence-electron chi connectivity index (χ3n) is 4.68. The van der Waals surface area contributed by atoms with Crippen LogP contribution >= 0.6 is 0 Å². The van der Waals surface area contributed by atoms with Crippen molar-refractivity contribution in [3.05, 3.63) is 0 Å². The summed E-state index contributed by atoms with van der Waals surface area (Å²) in [5.74, 6) is 2.37. The van der Waals surface area contributed by atoms with E-state index in [-0.39, 0.29) is 5.92 Å². The Balaban J connectivity index is 1.59. The summed E-state index contributed by atoms with van der Waals surface area (Å²) in [6, 6.07) is 0. The van der Waals surface area contributed by atoms with Crippen molar-refractivity contribution in [1.29, 1.82) is 0 Å². The summed E-state index contributed by atoms with van der Waals surface area (Å²) in [6.45, 7) is 4.11. The molecule has 0 spiro atoms. The molecule has 3 nitrogen and oxygen atoms in total. The fraction of sp³-hybridized carbons (Fsp3) is 0.923. The van der Waals surface area contributed by atoms with Gasteiger partial charge in [-0.1, -0.05) is 6.42 Å². The lowest BCUT2D eigenvalue weighted by Crippen LogP contribution is -2.42. The number of hydrogen-bond acceptors (Lipinski definition) is 2. The number of hydrogen-bond donors (Lipinski definition) is 1. The van der Waals surface area contributed by atoms with Gasteiger partial charge in [-0.05, 0) is 44.1 Å². The average Bonchev–Trinajstić information content (AvgIpc) is 2.89. The van der Waals surface area contributed by atoms with E-state index in [0.29, 0.717) is 5.91 Å². The molecule has 3 aliphatic rings. The van der Waals surface area contributed by atoms with Gasteiger partial charge in [0.15, 0.2) is 0 Å². The van der Waals surface area contributed by atoms with Gasteiger partial charge >= 0.3 is 0 Å². The van der Waals surface area contributed by atoms with Crippen molar-refractivity contribution in [2.24, 2.45) is 17.8 Å². The van der Waals surface area contributed by atoms with E-state index in [1.54, 1.807) is 0 Å². The Morgan fingerprint density at radius 3 is 2.44 bits per heavy atom. The molecule has 0 aromatic heterocycles. The normalized spacial score (nSPS) is 38.8. The third kappa shape index (κ3) is 1.86. The van der Waals surface area contributed by atoms with E-state index in [4.69, 9.17) is 0 Å². The lowest BCUT2D eigenvalue weighted by molar-refractivity contribution is -0.135. The van der Waals surface area contributed by atoms with E-state index >= 15 is 0 Å². The van der Waals surface area contributed by atoms with Crippen LogP contribution in [0.4, 0.5) is 0 Å². The van der Waals surface area contributed by atoms with E-state index in [1.165, 1.54) is 19.3 Å². The summed E-state index contributed by atoms with van der Waals surface area (Å²) in [4.78, 5) is 14.5. The second-order valence-electron chi connectivity index (χ2n) is 5.74. The summed E-state index contributed by atoms with van der Waals surface area (Å²) < 4.78 is 0. The van der Waals surface area contributed by atoms with Crippen LogP contribution in [-0.2, 0) is 4.79 Å². The fourth-order valence-corrected chi connectivity index (χ4v) is 3.74. The van der Waals surface area contributed by atoms with Crippen molar-refractivity contribution in [2.75, 3.05) is 26.2 Å². The molecule has 1 saturated carbocycles. The SMILES string of the molecule is O=C(C1CCCNC1)N1CC2CCCC2C1. The predicted molar refractivity (Wildman–Crippen MR) is 63.0 cm³/mol. The molecule has 0 radical (unpaired) electrons. The largest absolute Gasteiger partial charge is 0.342 e. The number of amides is 1. The number of carbonyl (C=O) groups is 1. The van der Waals surface area contributed by atoms with Gasteiger partial charge in [-0.2, -0.15) is 0 Å². The lowest BCUT2D eigenvalue weighted by atomic mass is 9.98. The maximum Gasteiger partial charge on any atom is 0.226 e. The standard InChI is InChI=1S/C13H22N2O/c16-13(10-5-2-6-14-7-10)15-8-11-3-1-4-12(11)9-15/h10-12,14H,1-9H2. The second kappa shape index (κ2) is 4.36. The minimum atomic E-state index is 0.271. The molecule has 3 fully saturated rings. The van der Waals surface area contributed by atoms with E-state index in [1.807, 2.05) is 0 Å². The van der Waals surface area contributed by atoms with Crippen molar-refractivity contribution < 1.29 is 4.79 Å². The molecule has 1 aliphatic carbocycles. The van der Waals surface area contributed by atoms with Crippen LogP contribution in [0, 0.1) is 17.8 Å². The van der Waals surface area contributed by atoms with Crippen LogP contribution in [0.15, 0.2) is 0 Å². The Hall–Kier alpha value is -0.570. The smallest absolute Gasteiger partial charge is 0.226 e. The monoisotopic (exact) mass is 222 g/mol. The van der Waals surface area contributed by atoms with Crippen molar-refractivity contribution >= 4 is 5.91 Å². The van der Waals surface area contributed by atoms with E-state index in [2.05, 4.69) is 10.2 Å². The molecular weight excluding hydrogens is 200 g/mol. The first-order chi connectivity index (χ1) is 7.84. The fourth-order valence-electron chi connectivity index (χ4n) is 3.74. The number of rotatable bonds is 1. The van der Waals surface area contributed by atoms with Crippen LogP contribution in [0.1, 0.15) is 32.1 Å². The molecule has 2 heterocycles. The summed E-state index contributed by atoms with van der Waals surface area (Å²) in [5, 5.41) is 3.34. The molecule has 90 valence electrons. The lowest BCUT2D eigenvalue weighted by Gasteiger charge is -2.27. The summed E-state index contributed by atoms with van der Waals surface area (Å²) in [6.07, 6.45) is 6.37. The molecule has 0 aromatic rings. The van der Waals surface area contributed by atoms with Gasteiger partial charge in [-0.15, -0.1) is 0 Å². The Labute approximate surface area is 97.6 Å². The molecule has 3 unspecified atom stereocenters. The zero-order chi connectivity index (χ0) is 11.0. The third-order valence-corrected chi connectivity index (χ3v) is 4.68. The van der Waals surface area contributed by atoms with Gasteiger partial charge in [0.05, 0.1) is 5.92 Å². The highest BCUT2D eigenvalue weighted by molar-refractivity contribution is 5.79. The predicted octanol–water partition coefficient (Wildman–Crippen LogP) is 1.24. The van der Waals surface area contributed by atoms with Crippen molar-refractivity contribution in [3.8, 4) is 0 Å². The van der Waals surface area contributed by atoms with Crippen LogP contribution in [0.3, 0.4) is 0 Å². The van der Waals surface area contributed by atoms with Gasteiger partial charge in [-0.3, -0.25) is 4.79 Å². The highest BCUT2D eigenvalue weighted by Crippen LogP contribution is 2.38. The number of piperidine rings is 1. The Morgan fingerprint density at radius 1 is 1.06 bits per heavy atom. The summed E-state index contributed by atoms with van der Waals surface area (Å²) >= 11 is 0. The van der Waals surface area contributed by atoms with E-state index in [9.17, 15) is 4.79 Å². The molecule has 3 heteroatoms. The van der Waals surface area contributed by atoms with Crippen molar-refractivity contribution in [2.45, 2.75) is 32.1 Å². The summed E-state index contributed by atoms with van der Waals surface area (Å²) in [5.41, 5.74) is 0. The zero-order valence-electron chi connectivity index (χ0n) is 9.95. The first kappa shape index (κ1) is 10.6. The summed E-state index contributed by atoms with van der Waals surface area (Å²) in [7, 11) is 0. The molecule has 1 amide bonds. The quantitative estimate of drug-likeness (QED) is 0.724. The minimum absolute atomic E-state index is 0.271. The van der Waals surface area contributed by atoms with Crippen LogP contribution in [-0.4, -0.2) is 37.0 Å². The maximum atomic E-state index is 12.3. The van der Waals surface area contributed by atoms with Gasteiger partial charge in [0, 0.05) is 19.6 Å². The molecule has 1 N–H and O–H groups in total. The molecule has 3 atom stereocenters. The Morgan fingerprint density at radius 2 is 1.81 bits per heavy atom. The van der Waals surface area contributed by atoms with Crippen molar-refractivity contribution in [1.82, 2.24) is 10.2 Å². The van der Waals surface area contributed by atoms with Crippen LogP contribution in [0.25, 0.3) is 0 Å².